The molecule has 3 rings (SSSR count). The number of amides is 1. The van der Waals surface area contributed by atoms with E-state index < -0.39 is 10.0 Å². The van der Waals surface area contributed by atoms with E-state index >= 15 is 0 Å². The predicted molar refractivity (Wildman–Crippen MR) is 149 cm³/mol. The molecule has 190 valence electrons. The van der Waals surface area contributed by atoms with Gasteiger partial charge in [0.15, 0.2) is 0 Å². The van der Waals surface area contributed by atoms with Gasteiger partial charge in [0.25, 0.3) is 5.91 Å². The summed E-state index contributed by atoms with van der Waals surface area (Å²) in [7, 11) is -3.69. The van der Waals surface area contributed by atoms with Gasteiger partial charge in [0.05, 0.1) is 10.5 Å². The van der Waals surface area contributed by atoms with Crippen molar-refractivity contribution in [3.8, 4) is 11.1 Å². The lowest BCUT2D eigenvalue weighted by Gasteiger charge is -2.07. The van der Waals surface area contributed by atoms with Crippen molar-refractivity contribution in [3.05, 3.63) is 107 Å². The molecule has 0 atom stereocenters. The van der Waals surface area contributed by atoms with Crippen molar-refractivity contribution >= 4 is 44.3 Å². The minimum Gasteiger partial charge on any atom is -0.404 e. The molecule has 0 heterocycles. The molecule has 0 aliphatic carbocycles. The zero-order valence-corrected chi connectivity index (χ0v) is 22.1. The Morgan fingerprint density at radius 3 is 2.17 bits per heavy atom. The average molecular weight is 574 g/mol. The molecule has 36 heavy (non-hydrogen) atoms. The number of hydrogen-bond donors (Lipinski definition) is 4. The molecule has 0 aliphatic heterocycles. The Labute approximate surface area is 220 Å². The van der Waals surface area contributed by atoms with Gasteiger partial charge in [0.2, 0.25) is 10.0 Å². The van der Waals surface area contributed by atoms with Crippen molar-refractivity contribution in [2.75, 3.05) is 12.3 Å². The highest BCUT2D eigenvalue weighted by Crippen LogP contribution is 2.26. The van der Waals surface area contributed by atoms with Crippen LogP contribution in [0, 0.1) is 6.92 Å². The maximum absolute atomic E-state index is 11.7. The predicted octanol–water partition coefficient (Wildman–Crippen LogP) is 3.87. The number of nitrogens with one attached hydrogen (secondary N) is 1. The highest BCUT2D eigenvalue weighted by atomic mass is 79.9. The number of para-hydroxylation sites is 1. The van der Waals surface area contributed by atoms with Crippen molar-refractivity contribution in [2.45, 2.75) is 11.8 Å². The summed E-state index contributed by atoms with van der Waals surface area (Å²) in [6.07, 6.45) is 4.96. The number of carbonyl (C=O) groups excluding carboxylic acids is 2. The van der Waals surface area contributed by atoms with E-state index in [4.69, 9.17) is 21.4 Å². The van der Waals surface area contributed by atoms with E-state index in [9.17, 15) is 13.2 Å². The van der Waals surface area contributed by atoms with Gasteiger partial charge in [-0.2, -0.15) is 0 Å². The highest BCUT2D eigenvalue weighted by Gasteiger charge is 2.14. The van der Waals surface area contributed by atoms with Crippen molar-refractivity contribution in [2.24, 2.45) is 10.9 Å². The van der Waals surface area contributed by atoms with Gasteiger partial charge in [-0.25, -0.2) is 13.6 Å². The van der Waals surface area contributed by atoms with E-state index in [-0.39, 0.29) is 10.8 Å². The van der Waals surface area contributed by atoms with Gasteiger partial charge in [-0.1, -0.05) is 66.2 Å². The van der Waals surface area contributed by atoms with E-state index in [2.05, 4.69) is 21.2 Å². The SMILES string of the molecule is C=O.Cc1ccc(-c2ccccc2S(N)(=O)=O)cc1.N/C=C(Br)\C=C/CNC(=O)c1ccccc1N. The Balaban J connectivity index is 0.000000337. The van der Waals surface area contributed by atoms with Crippen LogP contribution in [0.15, 0.2) is 101 Å². The standard InChI is InChI=1S/C13H13NO2S.C12H14BrN3O.CH2O/c1-10-6-8-11(9-7-10)12-4-2-3-5-13(12)17(14,15)16;13-9(8-14)4-3-7-16-12(17)10-5-1-2-6-11(10)15;1-2/h2-9H,1H3,(H2,14,15,16);1-6,8H,7,14-15H2,(H,16,17);1H2/b;4-3-,9-8+;. The van der Waals surface area contributed by atoms with Gasteiger partial charge in [0.1, 0.15) is 6.79 Å². The first-order valence-electron chi connectivity index (χ1n) is 10.5. The Bertz CT molecular complexity index is 1310. The van der Waals surface area contributed by atoms with Crippen LogP contribution < -0.4 is 21.9 Å². The normalized spacial score (nSPS) is 11.0. The first-order chi connectivity index (χ1) is 17.1. The fourth-order valence-corrected chi connectivity index (χ4v) is 3.81. The molecule has 0 aromatic heterocycles. The lowest BCUT2D eigenvalue weighted by atomic mass is 10.0. The number of primary sulfonamides is 1. The summed E-state index contributed by atoms with van der Waals surface area (Å²) in [6.45, 7) is 4.39. The van der Waals surface area contributed by atoms with Crippen LogP contribution in [-0.4, -0.2) is 27.7 Å². The number of benzene rings is 3. The topological polar surface area (TPSA) is 158 Å². The van der Waals surface area contributed by atoms with E-state index in [1.165, 1.54) is 12.3 Å². The van der Waals surface area contributed by atoms with Crippen LogP contribution in [0.25, 0.3) is 11.1 Å². The Morgan fingerprint density at radius 2 is 1.58 bits per heavy atom. The highest BCUT2D eigenvalue weighted by molar-refractivity contribution is 9.11. The summed E-state index contributed by atoms with van der Waals surface area (Å²) in [5, 5.41) is 7.92. The van der Waals surface area contributed by atoms with Gasteiger partial charge in [-0.05, 0) is 52.7 Å². The van der Waals surface area contributed by atoms with Gasteiger partial charge >= 0.3 is 0 Å². The van der Waals surface area contributed by atoms with E-state index in [0.29, 0.717) is 23.4 Å². The largest absolute Gasteiger partial charge is 0.404 e. The number of anilines is 1. The fraction of sp³-hybridized carbons (Fsp3) is 0.0769. The van der Waals surface area contributed by atoms with Crippen LogP contribution in [0.1, 0.15) is 15.9 Å². The molecule has 3 aromatic carbocycles. The minimum absolute atomic E-state index is 0.156. The Kier molecular flexibility index (Phi) is 12.9. The van der Waals surface area contributed by atoms with Gasteiger partial charge < -0.3 is 21.6 Å². The summed E-state index contributed by atoms with van der Waals surface area (Å²) < 4.78 is 23.7. The third-order valence-electron chi connectivity index (χ3n) is 4.58. The van der Waals surface area contributed by atoms with Gasteiger partial charge in [-0.3, -0.25) is 4.79 Å². The molecule has 3 aromatic rings. The molecule has 7 N–H and O–H groups in total. The number of halogens is 1. The zero-order valence-electron chi connectivity index (χ0n) is 19.7. The Hall–Kier alpha value is -3.73. The molecule has 10 heteroatoms. The summed E-state index contributed by atoms with van der Waals surface area (Å²) in [5.41, 5.74) is 14.5. The number of nitrogens with two attached hydrogens (primary N) is 3. The lowest BCUT2D eigenvalue weighted by molar-refractivity contribution is -0.0980. The smallest absolute Gasteiger partial charge is 0.253 e. The second kappa shape index (κ2) is 15.3. The van der Waals surface area contributed by atoms with Crippen LogP contribution in [-0.2, 0) is 14.8 Å². The molecule has 8 nitrogen and oxygen atoms in total. The molecular weight excluding hydrogens is 544 g/mol. The fourth-order valence-electron chi connectivity index (χ4n) is 2.86. The quantitative estimate of drug-likeness (QED) is 0.259. The molecule has 0 bridgehead atoms. The third-order valence-corrected chi connectivity index (χ3v) is 6.08. The van der Waals surface area contributed by atoms with Crippen LogP contribution in [0.2, 0.25) is 0 Å². The molecule has 0 spiro atoms. The van der Waals surface area contributed by atoms with E-state index in [1.54, 1.807) is 54.6 Å². The summed E-state index contributed by atoms with van der Waals surface area (Å²) in [6, 6.07) is 21.3. The van der Waals surface area contributed by atoms with Crippen molar-refractivity contribution < 1.29 is 18.0 Å². The summed E-state index contributed by atoms with van der Waals surface area (Å²) in [4.78, 5) is 19.9. The number of hydrogen-bond acceptors (Lipinski definition) is 6. The number of aryl methyl sites for hydroxylation is 1. The number of sulfonamides is 1. The van der Waals surface area contributed by atoms with Crippen LogP contribution >= 0.6 is 15.9 Å². The van der Waals surface area contributed by atoms with Crippen molar-refractivity contribution in [1.82, 2.24) is 5.32 Å². The van der Waals surface area contributed by atoms with Gasteiger partial charge in [-0.15, -0.1) is 0 Å². The minimum atomic E-state index is -3.69. The second-order valence-corrected chi connectivity index (χ2v) is 9.60. The van der Waals surface area contributed by atoms with Crippen LogP contribution in [0.5, 0.6) is 0 Å². The maximum atomic E-state index is 11.7. The summed E-state index contributed by atoms with van der Waals surface area (Å²) >= 11 is 3.22. The first kappa shape index (κ1) is 30.3. The van der Waals surface area contributed by atoms with Crippen molar-refractivity contribution in [1.29, 1.82) is 0 Å². The first-order valence-corrected chi connectivity index (χ1v) is 12.8. The van der Waals surface area contributed by atoms with Crippen molar-refractivity contribution in [3.63, 3.8) is 0 Å². The number of allylic oxidation sites excluding steroid dienone is 2. The van der Waals surface area contributed by atoms with Gasteiger partial charge in [0, 0.05) is 28.5 Å². The molecule has 0 saturated carbocycles. The monoisotopic (exact) mass is 572 g/mol. The molecule has 1 amide bonds. The van der Waals surface area contributed by atoms with Crippen LogP contribution in [0.3, 0.4) is 0 Å². The van der Waals surface area contributed by atoms with E-state index in [1.807, 2.05) is 38.0 Å². The van der Waals surface area contributed by atoms with E-state index in [0.717, 1.165) is 15.6 Å². The average Bonchev–Trinajstić information content (AvgIpc) is 2.88. The number of nitrogen functional groups attached to an aromatic ring is 1. The lowest BCUT2D eigenvalue weighted by Crippen LogP contribution is -2.24. The molecule has 0 saturated heterocycles. The second-order valence-electron chi connectivity index (χ2n) is 7.16. The maximum Gasteiger partial charge on any atom is 0.253 e. The molecule has 0 unspecified atom stereocenters. The van der Waals surface area contributed by atoms with Crippen LogP contribution in [0.4, 0.5) is 5.69 Å². The number of rotatable bonds is 6. The molecule has 0 aliphatic rings. The Morgan fingerprint density at radius 1 is 1.00 bits per heavy atom. The summed E-state index contributed by atoms with van der Waals surface area (Å²) in [5.74, 6) is -0.194. The third kappa shape index (κ3) is 9.87. The number of carbonyl (C=O) groups is 2. The molecule has 0 fully saturated rings. The molecular formula is C26H29BrN4O4S. The molecule has 0 radical (unpaired) electrons. The zero-order chi connectivity index (χ0) is 27.1.